The molecule has 70 heavy (non-hydrogen) atoms. The number of hydrogen-bond acceptors (Lipinski definition) is 9. The van der Waals surface area contributed by atoms with Crippen LogP contribution in [-0.2, 0) is 51.4 Å². The summed E-state index contributed by atoms with van der Waals surface area (Å²) >= 11 is 0. The Bertz CT molecular complexity index is 3010. The van der Waals surface area contributed by atoms with Gasteiger partial charge in [-0.25, -0.2) is 0 Å². The van der Waals surface area contributed by atoms with Gasteiger partial charge in [0, 0.05) is 112 Å². The number of carbonyl (C=O) groups excluding carboxylic acids is 8. The number of aryl methyl sites for hydroxylation is 6. The van der Waals surface area contributed by atoms with Crippen LogP contribution >= 0.6 is 0 Å². The monoisotopic (exact) mass is 959 g/mol. The number of nitrogens with one attached hydrogen (secondary N) is 7. The summed E-state index contributed by atoms with van der Waals surface area (Å²) in [6, 6.07) is 9.18. The van der Waals surface area contributed by atoms with Gasteiger partial charge in [0.25, 0.3) is 35.4 Å². The van der Waals surface area contributed by atoms with Gasteiger partial charge in [0.05, 0.1) is 34.1 Å². The van der Waals surface area contributed by atoms with Crippen molar-refractivity contribution in [3.63, 3.8) is 0 Å². The molecule has 0 radical (unpaired) electrons. The fourth-order valence-corrected chi connectivity index (χ4v) is 8.00. The van der Waals surface area contributed by atoms with E-state index in [0.29, 0.717) is 66.5 Å². The molecule has 368 valence electrons. The SMILES string of the molecule is CN1C(=O)CCCNC(=O)c2cc(cn2C)NC(=O)c2cc(cn2C)NC(=O)c2cc(cn2C)NC(=O)CCCNC(=O)c2cc(cn2CCCN)NC(=O)c2cc(cn2C)NC(=O)c2cc1cn2C. The zero-order chi connectivity index (χ0) is 50.4. The van der Waals surface area contributed by atoms with Crippen LogP contribution in [0.5, 0.6) is 0 Å². The quantitative estimate of drug-likeness (QED) is 0.129. The van der Waals surface area contributed by atoms with E-state index in [9.17, 15) is 38.4 Å². The molecule has 8 amide bonds. The van der Waals surface area contributed by atoms with Crippen molar-refractivity contribution >= 4 is 81.4 Å². The molecule has 7 rings (SSSR count). The van der Waals surface area contributed by atoms with Crippen molar-refractivity contribution in [2.24, 2.45) is 41.0 Å². The second-order valence-corrected chi connectivity index (χ2v) is 17.1. The van der Waals surface area contributed by atoms with Crippen molar-refractivity contribution in [1.82, 2.24) is 38.0 Å². The molecule has 1 aliphatic rings. The van der Waals surface area contributed by atoms with Crippen molar-refractivity contribution in [3.05, 3.63) is 108 Å². The van der Waals surface area contributed by atoms with E-state index < -0.39 is 35.4 Å². The predicted molar refractivity (Wildman–Crippen MR) is 262 cm³/mol. The zero-order valence-electron chi connectivity index (χ0n) is 39.8. The van der Waals surface area contributed by atoms with Gasteiger partial charge in [-0.15, -0.1) is 0 Å². The van der Waals surface area contributed by atoms with Crippen LogP contribution in [0, 0.1) is 0 Å². The first-order chi connectivity index (χ1) is 33.4. The summed E-state index contributed by atoms with van der Waals surface area (Å²) in [6.07, 6.45) is 10.9. The third-order valence-electron chi connectivity index (χ3n) is 11.7. The lowest BCUT2D eigenvalue weighted by Gasteiger charge is -2.15. The maximum absolute atomic E-state index is 13.6. The molecule has 23 nitrogen and oxygen atoms in total. The molecule has 0 fully saturated rings. The van der Waals surface area contributed by atoms with E-state index >= 15 is 0 Å². The normalized spacial score (nSPS) is 15.3. The minimum absolute atomic E-state index is 0.0578. The minimum Gasteiger partial charge on any atom is -0.351 e. The fraction of sp³-hybridized carbons (Fsp3) is 0.319. The molecular formula is C47H57N15O8. The Labute approximate surface area is 402 Å². The first-order valence-electron chi connectivity index (χ1n) is 22.5. The van der Waals surface area contributed by atoms with Crippen molar-refractivity contribution in [1.29, 1.82) is 0 Å². The van der Waals surface area contributed by atoms with E-state index in [1.54, 1.807) is 119 Å². The van der Waals surface area contributed by atoms with E-state index in [1.807, 2.05) is 0 Å². The number of fused-ring (bicyclic) bond motifs is 12. The number of hydrogen-bond donors (Lipinski definition) is 8. The predicted octanol–water partition coefficient (Wildman–Crippen LogP) is 3.17. The summed E-state index contributed by atoms with van der Waals surface area (Å²) in [7, 11) is 9.87. The van der Waals surface area contributed by atoms with Crippen LogP contribution in [0.25, 0.3) is 0 Å². The highest BCUT2D eigenvalue weighted by Gasteiger charge is 2.23. The number of amides is 8. The molecule has 0 saturated heterocycles. The molecule has 0 aromatic carbocycles. The highest BCUT2D eigenvalue weighted by molar-refractivity contribution is 6.09. The van der Waals surface area contributed by atoms with E-state index in [1.165, 1.54) is 29.2 Å². The summed E-state index contributed by atoms with van der Waals surface area (Å²) in [4.78, 5) is 108. The minimum atomic E-state index is -0.497. The molecule has 7 heterocycles. The number of aromatic nitrogens is 6. The lowest BCUT2D eigenvalue weighted by molar-refractivity contribution is -0.118. The van der Waals surface area contributed by atoms with Gasteiger partial charge in [-0.1, -0.05) is 0 Å². The molecule has 0 spiro atoms. The summed E-state index contributed by atoms with van der Waals surface area (Å²) in [5.41, 5.74) is 9.48. The maximum Gasteiger partial charge on any atom is 0.272 e. The van der Waals surface area contributed by atoms with E-state index in [4.69, 9.17) is 5.73 Å². The highest BCUT2D eigenvalue weighted by atomic mass is 16.2. The molecule has 0 atom stereocenters. The number of carbonyl (C=O) groups is 8. The maximum atomic E-state index is 13.6. The number of nitrogens with zero attached hydrogens (tertiary/aromatic N) is 7. The average Bonchev–Trinajstić information content (AvgIpc) is 4.18. The Hall–Kier alpha value is -8.60. The van der Waals surface area contributed by atoms with E-state index in [0.717, 1.165) is 0 Å². The van der Waals surface area contributed by atoms with Gasteiger partial charge < -0.3 is 75.3 Å². The van der Waals surface area contributed by atoms with Crippen molar-refractivity contribution in [3.8, 4) is 0 Å². The molecule has 0 saturated carbocycles. The van der Waals surface area contributed by atoms with Crippen LogP contribution in [0.1, 0.15) is 95.0 Å². The van der Waals surface area contributed by atoms with Crippen LogP contribution in [-0.4, -0.2) is 101 Å². The largest absolute Gasteiger partial charge is 0.351 e. The van der Waals surface area contributed by atoms with Crippen molar-refractivity contribution in [2.75, 3.05) is 58.2 Å². The summed E-state index contributed by atoms with van der Waals surface area (Å²) in [6.45, 7) is 1.11. The second-order valence-electron chi connectivity index (χ2n) is 17.1. The van der Waals surface area contributed by atoms with Gasteiger partial charge in [0.2, 0.25) is 11.8 Å². The van der Waals surface area contributed by atoms with Gasteiger partial charge >= 0.3 is 0 Å². The van der Waals surface area contributed by atoms with Crippen LogP contribution in [0.2, 0.25) is 0 Å². The van der Waals surface area contributed by atoms with Crippen LogP contribution in [0.15, 0.2) is 73.6 Å². The Morgan fingerprint density at radius 1 is 0.443 bits per heavy atom. The van der Waals surface area contributed by atoms with Gasteiger partial charge in [0.15, 0.2) is 0 Å². The van der Waals surface area contributed by atoms with Gasteiger partial charge in [-0.2, -0.15) is 0 Å². The summed E-state index contributed by atoms with van der Waals surface area (Å²) in [5, 5.41) is 19.7. The van der Waals surface area contributed by atoms with E-state index in [2.05, 4.69) is 37.2 Å². The summed E-state index contributed by atoms with van der Waals surface area (Å²) in [5.74, 6) is -3.38. The lowest BCUT2D eigenvalue weighted by atomic mass is 10.2. The standard InChI is InChI=1S/C47H57N15O8/c1-56-23-29-17-34(56)42(65)49-14-8-11-41(64)61(6)33-21-38(60(5)27-33)47(70)54-31-19-37(59(4)25-31)46(69)55-32-20-39(62(26-32)15-9-12-48)43(66)50-13-7-10-40(63)51-28-16-35(57(2)22-28)44(67)53-30-18-36(45(68)52-29)58(3)24-30/h16-27H,7-15,48H2,1-6H3,(H,49,65)(H,50,66)(H,51,63)(H,52,68)(H,53,67)(H,54,70)(H,55,69). The van der Waals surface area contributed by atoms with E-state index in [-0.39, 0.29) is 71.9 Å². The third-order valence-corrected chi connectivity index (χ3v) is 11.7. The topological polar surface area (TPSA) is 280 Å². The zero-order valence-corrected chi connectivity index (χ0v) is 39.8. The van der Waals surface area contributed by atoms with Crippen LogP contribution in [0.4, 0.5) is 34.1 Å². The summed E-state index contributed by atoms with van der Waals surface area (Å²) < 4.78 is 9.48. The molecule has 6 aromatic heterocycles. The number of nitrogens with two attached hydrogens (primary N) is 1. The fourth-order valence-electron chi connectivity index (χ4n) is 8.00. The van der Waals surface area contributed by atoms with Gasteiger partial charge in [0.1, 0.15) is 34.2 Å². The second kappa shape index (κ2) is 21.1. The molecule has 9 N–H and O–H groups in total. The molecular weight excluding hydrogens is 903 g/mol. The molecule has 12 bridgehead atoms. The number of rotatable bonds is 3. The third kappa shape index (κ3) is 11.4. The Morgan fingerprint density at radius 3 is 1.29 bits per heavy atom. The average molecular weight is 960 g/mol. The van der Waals surface area contributed by atoms with Gasteiger partial charge in [-0.3, -0.25) is 38.4 Å². The Kier molecular flexibility index (Phi) is 14.9. The smallest absolute Gasteiger partial charge is 0.272 e. The molecule has 6 aromatic rings. The lowest BCUT2D eigenvalue weighted by Crippen LogP contribution is -2.29. The highest BCUT2D eigenvalue weighted by Crippen LogP contribution is 2.24. The molecule has 1 aliphatic heterocycles. The molecule has 23 heteroatoms. The Morgan fingerprint density at radius 2 is 0.814 bits per heavy atom. The van der Waals surface area contributed by atoms with Gasteiger partial charge in [-0.05, 0) is 62.2 Å². The van der Waals surface area contributed by atoms with Crippen molar-refractivity contribution in [2.45, 2.75) is 38.6 Å². The molecule has 0 unspecified atom stereocenters. The molecule has 0 aliphatic carbocycles. The van der Waals surface area contributed by atoms with Crippen molar-refractivity contribution < 1.29 is 38.4 Å². The Balaban J connectivity index is 1.08. The van der Waals surface area contributed by atoms with Crippen LogP contribution < -0.4 is 47.9 Å². The van der Waals surface area contributed by atoms with Crippen LogP contribution in [0.3, 0.4) is 0 Å². The number of anilines is 6. The first-order valence-corrected chi connectivity index (χ1v) is 22.5. The first kappa shape index (κ1) is 49.3.